The van der Waals surface area contributed by atoms with Gasteiger partial charge in [0.2, 0.25) is 11.7 Å². The highest BCUT2D eigenvalue weighted by Gasteiger charge is 2.53. The summed E-state index contributed by atoms with van der Waals surface area (Å²) < 4.78 is 56.4. The molecule has 5 rings (SSSR count). The normalized spacial score (nSPS) is 28.9. The van der Waals surface area contributed by atoms with Crippen molar-refractivity contribution in [2.45, 2.75) is 121 Å². The Balaban J connectivity index is 0.967. The minimum atomic E-state index is -4.62. The quantitative estimate of drug-likeness (QED) is 0.130. The summed E-state index contributed by atoms with van der Waals surface area (Å²) in [5.74, 6) is -1.36. The number of hydrogen-bond acceptors (Lipinski definition) is 8. The number of anilines is 1. The van der Waals surface area contributed by atoms with Gasteiger partial charge in [-0.25, -0.2) is 9.97 Å². The van der Waals surface area contributed by atoms with Crippen LogP contribution in [0.4, 0.5) is 19.0 Å². The summed E-state index contributed by atoms with van der Waals surface area (Å²) in [5, 5.41) is 3.08. The molecule has 0 aromatic carbocycles. The van der Waals surface area contributed by atoms with E-state index < -0.39 is 18.1 Å². The fraction of sp³-hybridized carbons (Fsp3) is 0.667. The van der Waals surface area contributed by atoms with Gasteiger partial charge in [-0.3, -0.25) is 9.59 Å². The molecule has 12 heteroatoms. The van der Waals surface area contributed by atoms with Crippen LogP contribution in [0.25, 0.3) is 0 Å². The molecule has 0 radical (unpaired) electrons. The van der Waals surface area contributed by atoms with E-state index in [0.717, 1.165) is 57.7 Å². The molecule has 1 aliphatic carbocycles. The van der Waals surface area contributed by atoms with Gasteiger partial charge in [-0.15, -0.1) is 0 Å². The average Bonchev–Trinajstić information content (AvgIpc) is 3.78. The Morgan fingerprint density at radius 1 is 1.15 bits per heavy atom. The van der Waals surface area contributed by atoms with Gasteiger partial charge in [0.05, 0.1) is 29.8 Å². The minimum absolute atomic E-state index is 0.0178. The predicted octanol–water partition coefficient (Wildman–Crippen LogP) is 6.49. The molecule has 1 saturated carbocycles. The van der Waals surface area contributed by atoms with Gasteiger partial charge < -0.3 is 24.4 Å². The maximum Gasteiger partial charge on any atom is 0.451 e. The Bertz CT molecular complexity index is 1370. The average molecular weight is 675 g/mol. The van der Waals surface area contributed by atoms with Gasteiger partial charge in [0.1, 0.15) is 11.9 Å². The molecule has 3 saturated heterocycles. The minimum Gasteiger partial charge on any atom is -0.458 e. The first-order chi connectivity index (χ1) is 22.7. The number of epoxide rings is 1. The van der Waals surface area contributed by atoms with E-state index >= 15 is 0 Å². The molecule has 3 atom stereocenters. The Kier molecular flexibility index (Phi) is 11.3. The van der Waals surface area contributed by atoms with Crippen LogP contribution in [0.1, 0.15) is 91.3 Å². The zero-order valence-electron chi connectivity index (χ0n) is 28.4. The summed E-state index contributed by atoms with van der Waals surface area (Å²) in [7, 11) is 0. The Hall–Kier alpha value is -3.25. The Labute approximate surface area is 281 Å². The smallest absolute Gasteiger partial charge is 0.451 e. The summed E-state index contributed by atoms with van der Waals surface area (Å²) >= 11 is 0. The van der Waals surface area contributed by atoms with E-state index in [1.165, 1.54) is 17.7 Å². The maximum absolute atomic E-state index is 13.0. The third kappa shape index (κ3) is 10.4. The van der Waals surface area contributed by atoms with Crippen molar-refractivity contribution in [3.8, 4) is 0 Å². The van der Waals surface area contributed by atoms with Crippen LogP contribution in [0.15, 0.2) is 48.2 Å². The van der Waals surface area contributed by atoms with E-state index in [4.69, 9.17) is 14.2 Å². The number of allylic oxidation sites excluding steroid dienone is 3. The zero-order valence-corrected chi connectivity index (χ0v) is 28.4. The van der Waals surface area contributed by atoms with Crippen LogP contribution in [0.3, 0.4) is 0 Å². The number of hydrogen-bond donors (Lipinski definition) is 1. The first-order valence-corrected chi connectivity index (χ1v) is 17.2. The van der Waals surface area contributed by atoms with E-state index in [2.05, 4.69) is 54.3 Å². The molecule has 1 amide bonds. The zero-order chi connectivity index (χ0) is 34.5. The number of amides is 1. The second-order valence-corrected chi connectivity index (χ2v) is 14.5. The van der Waals surface area contributed by atoms with Gasteiger partial charge in [-0.2, -0.15) is 13.2 Å². The van der Waals surface area contributed by atoms with Gasteiger partial charge >= 0.3 is 12.1 Å². The monoisotopic (exact) mass is 674 g/mol. The highest BCUT2D eigenvalue weighted by atomic mass is 19.4. The number of carbonyl (C=O) groups excluding carboxylic acids is 2. The number of carbonyl (C=O) groups is 2. The van der Waals surface area contributed by atoms with Crippen molar-refractivity contribution < 1.29 is 37.0 Å². The highest BCUT2D eigenvalue weighted by molar-refractivity contribution is 5.87. The van der Waals surface area contributed by atoms with Crippen molar-refractivity contribution in [3.05, 3.63) is 54.0 Å². The lowest BCUT2D eigenvalue weighted by Gasteiger charge is -2.38. The fourth-order valence-electron chi connectivity index (χ4n) is 7.16. The molecule has 4 aliphatic rings. The number of nitrogens with one attached hydrogen (secondary N) is 1. The maximum atomic E-state index is 13.0. The molecule has 1 aromatic rings. The van der Waals surface area contributed by atoms with E-state index in [-0.39, 0.29) is 47.0 Å². The van der Waals surface area contributed by atoms with Crippen LogP contribution in [0.5, 0.6) is 0 Å². The summed E-state index contributed by atoms with van der Waals surface area (Å²) in [5.41, 5.74) is 1.08. The van der Waals surface area contributed by atoms with Gasteiger partial charge in [0.15, 0.2) is 0 Å². The molecule has 1 spiro atoms. The van der Waals surface area contributed by atoms with Crippen molar-refractivity contribution in [2.24, 2.45) is 11.8 Å². The predicted molar refractivity (Wildman–Crippen MR) is 175 cm³/mol. The van der Waals surface area contributed by atoms with Crippen LogP contribution in [0, 0.1) is 11.8 Å². The topological polar surface area (TPSA) is 106 Å². The molecule has 1 unspecified atom stereocenters. The van der Waals surface area contributed by atoms with Crippen molar-refractivity contribution >= 4 is 17.7 Å². The van der Waals surface area contributed by atoms with Crippen LogP contribution in [-0.2, 0) is 30.0 Å². The van der Waals surface area contributed by atoms with Crippen molar-refractivity contribution in [1.82, 2.24) is 15.3 Å². The fourth-order valence-corrected chi connectivity index (χ4v) is 7.16. The SMILES string of the molecule is CC(C=C[C@@H]1C[C@]2(CO2)CC(C)(C)O1)=CCC1CCC(NC(=O)C=CC(C)OC(=O)C2CCN(c3ccnc(C(F)(F)F)n3)CC2)CC1. The Morgan fingerprint density at radius 3 is 2.52 bits per heavy atom. The van der Waals surface area contributed by atoms with Crippen LogP contribution >= 0.6 is 0 Å². The molecule has 264 valence electrons. The van der Waals surface area contributed by atoms with E-state index in [1.807, 2.05) is 0 Å². The summed E-state index contributed by atoms with van der Waals surface area (Å²) in [6.45, 7) is 9.69. The first kappa shape index (κ1) is 36.0. The standard InChI is InChI=1S/C36H49F3N4O5/c1-24(6-13-29-21-35(23-46-35)22-34(3,4)48-29)5-8-26-9-11-28(12-10-26)41-31(44)14-7-25(2)47-32(45)27-16-19-43(20-17-27)30-15-18-40-33(42-30)36(37,38)39/h5-7,13-15,18,25-29H,8-12,16-17,19-23H2,1-4H3,(H,41,44)/t25?,26?,28?,29-,35-/m1/s1. The number of aromatic nitrogens is 2. The second-order valence-electron chi connectivity index (χ2n) is 14.5. The molecule has 48 heavy (non-hydrogen) atoms. The number of esters is 1. The van der Waals surface area contributed by atoms with Crippen LogP contribution < -0.4 is 10.2 Å². The lowest BCUT2D eigenvalue weighted by Crippen LogP contribution is -2.43. The molecule has 9 nitrogen and oxygen atoms in total. The third-order valence-corrected chi connectivity index (χ3v) is 9.75. The molecular weight excluding hydrogens is 625 g/mol. The number of nitrogens with zero attached hydrogens (tertiary/aromatic N) is 3. The number of piperidine rings is 1. The number of ether oxygens (including phenoxy) is 3. The van der Waals surface area contributed by atoms with Crippen LogP contribution in [-0.4, -0.2) is 71.0 Å². The van der Waals surface area contributed by atoms with Gasteiger partial charge in [-0.1, -0.05) is 23.8 Å². The van der Waals surface area contributed by atoms with Crippen molar-refractivity contribution in [2.75, 3.05) is 24.6 Å². The van der Waals surface area contributed by atoms with Crippen molar-refractivity contribution in [3.63, 3.8) is 0 Å². The number of halogens is 3. The van der Waals surface area contributed by atoms with E-state index in [0.29, 0.717) is 31.8 Å². The van der Waals surface area contributed by atoms with Crippen molar-refractivity contribution in [1.29, 1.82) is 0 Å². The third-order valence-electron chi connectivity index (χ3n) is 9.75. The molecule has 4 heterocycles. The molecule has 3 aliphatic heterocycles. The van der Waals surface area contributed by atoms with Gasteiger partial charge in [0.25, 0.3) is 0 Å². The first-order valence-electron chi connectivity index (χ1n) is 17.2. The number of alkyl halides is 3. The Morgan fingerprint density at radius 2 is 1.85 bits per heavy atom. The molecule has 4 fully saturated rings. The van der Waals surface area contributed by atoms with Gasteiger partial charge in [0, 0.05) is 44.2 Å². The molecular formula is C36H49F3N4O5. The largest absolute Gasteiger partial charge is 0.458 e. The summed E-state index contributed by atoms with van der Waals surface area (Å²) in [6, 6.07) is 1.56. The molecule has 0 bridgehead atoms. The van der Waals surface area contributed by atoms with Crippen LogP contribution in [0.2, 0.25) is 0 Å². The van der Waals surface area contributed by atoms with E-state index in [1.54, 1.807) is 17.9 Å². The number of rotatable bonds is 10. The molecule has 1 N–H and O–H groups in total. The second kappa shape index (κ2) is 15.1. The summed E-state index contributed by atoms with van der Waals surface area (Å²) in [4.78, 5) is 33.9. The highest BCUT2D eigenvalue weighted by Crippen LogP contribution is 2.46. The van der Waals surface area contributed by atoms with E-state index in [9.17, 15) is 22.8 Å². The summed E-state index contributed by atoms with van der Waals surface area (Å²) in [6.07, 6.45) is 13.3. The molecule has 1 aromatic heterocycles. The lowest BCUT2D eigenvalue weighted by molar-refractivity contribution is -0.152. The lowest BCUT2D eigenvalue weighted by atomic mass is 9.83. The van der Waals surface area contributed by atoms with Gasteiger partial charge in [-0.05, 0) is 90.7 Å².